The van der Waals surface area contributed by atoms with Crippen molar-refractivity contribution in [2.45, 2.75) is 13.0 Å². The van der Waals surface area contributed by atoms with E-state index >= 15 is 0 Å². The lowest BCUT2D eigenvalue weighted by Crippen LogP contribution is -2.35. The van der Waals surface area contributed by atoms with Crippen LogP contribution in [0.5, 0.6) is 0 Å². The van der Waals surface area contributed by atoms with Crippen LogP contribution >= 0.6 is 22.9 Å². The van der Waals surface area contributed by atoms with Gasteiger partial charge in [-0.25, -0.2) is 15.0 Å². The van der Waals surface area contributed by atoms with E-state index in [4.69, 9.17) is 11.6 Å². The highest BCUT2D eigenvalue weighted by Crippen LogP contribution is 2.37. The fourth-order valence-electron chi connectivity index (χ4n) is 2.61. The summed E-state index contributed by atoms with van der Waals surface area (Å²) in [7, 11) is 0. The number of aromatic nitrogens is 4. The van der Waals surface area contributed by atoms with E-state index < -0.39 is 0 Å². The summed E-state index contributed by atoms with van der Waals surface area (Å²) in [6.07, 6.45) is 5.30. The van der Waals surface area contributed by atoms with Crippen LogP contribution in [0.25, 0.3) is 10.2 Å². The summed E-state index contributed by atoms with van der Waals surface area (Å²) in [4.78, 5) is 31.3. The number of thiophene rings is 1. The predicted molar refractivity (Wildman–Crippen MR) is 79.5 cm³/mol. The van der Waals surface area contributed by atoms with Gasteiger partial charge in [-0.05, 0) is 12.0 Å². The van der Waals surface area contributed by atoms with E-state index in [1.54, 1.807) is 17.5 Å². The lowest BCUT2D eigenvalue weighted by molar-refractivity contribution is 0.0732. The number of halogens is 1. The third-order valence-corrected chi connectivity index (χ3v) is 5.02. The molecule has 0 spiro atoms. The Morgan fingerprint density at radius 3 is 3.14 bits per heavy atom. The summed E-state index contributed by atoms with van der Waals surface area (Å²) in [6, 6.07) is 0. The lowest BCUT2D eigenvalue weighted by atomic mass is 10.1. The Balaban J connectivity index is 1.71. The van der Waals surface area contributed by atoms with Crippen LogP contribution in [-0.4, -0.2) is 37.3 Å². The van der Waals surface area contributed by atoms with Gasteiger partial charge >= 0.3 is 0 Å². The quantitative estimate of drug-likeness (QED) is 0.698. The number of carbonyl (C=O) groups is 1. The maximum absolute atomic E-state index is 12.4. The fraction of sp³-hybridized carbons (Fsp3) is 0.231. The number of carbonyl (C=O) groups excluding carboxylic acids is 1. The Hall–Kier alpha value is -1.99. The first-order valence-corrected chi connectivity index (χ1v) is 7.62. The first-order valence-electron chi connectivity index (χ1n) is 6.42. The molecular weight excluding hydrogens is 310 g/mol. The van der Waals surface area contributed by atoms with Crippen molar-refractivity contribution in [2.24, 2.45) is 0 Å². The van der Waals surface area contributed by atoms with E-state index in [9.17, 15) is 4.79 Å². The van der Waals surface area contributed by atoms with Crippen molar-refractivity contribution in [1.82, 2.24) is 24.8 Å². The van der Waals surface area contributed by atoms with Crippen LogP contribution in [0, 0.1) is 0 Å². The van der Waals surface area contributed by atoms with E-state index in [-0.39, 0.29) is 5.91 Å². The van der Waals surface area contributed by atoms with Gasteiger partial charge in [-0.1, -0.05) is 11.6 Å². The molecule has 4 heterocycles. The first-order chi connectivity index (χ1) is 10.2. The van der Waals surface area contributed by atoms with Gasteiger partial charge in [0.2, 0.25) is 0 Å². The number of nitrogens with one attached hydrogen (secondary N) is 1. The molecule has 0 atom stereocenters. The number of imidazole rings is 1. The molecule has 0 radical (unpaired) electrons. The van der Waals surface area contributed by atoms with Gasteiger partial charge in [0.15, 0.2) is 0 Å². The molecular formula is C13H10ClN5OS. The summed E-state index contributed by atoms with van der Waals surface area (Å²) >= 11 is 7.75. The Morgan fingerprint density at radius 2 is 2.33 bits per heavy atom. The van der Waals surface area contributed by atoms with Crippen LogP contribution in [0.15, 0.2) is 18.9 Å². The second-order valence-corrected chi connectivity index (χ2v) is 6.23. The molecule has 3 aromatic rings. The molecule has 21 heavy (non-hydrogen) atoms. The molecule has 0 saturated carbocycles. The molecule has 6 nitrogen and oxygen atoms in total. The number of rotatable bonds is 1. The summed E-state index contributed by atoms with van der Waals surface area (Å²) in [5.41, 5.74) is 1.69. The first kappa shape index (κ1) is 12.7. The van der Waals surface area contributed by atoms with Crippen LogP contribution < -0.4 is 0 Å². The minimum absolute atomic E-state index is 0.0345. The van der Waals surface area contributed by atoms with Crippen LogP contribution in [0.2, 0.25) is 5.15 Å². The largest absolute Gasteiger partial charge is 0.341 e. The summed E-state index contributed by atoms with van der Waals surface area (Å²) in [5.74, 6) is -0.0345. The zero-order valence-corrected chi connectivity index (χ0v) is 12.4. The average molecular weight is 320 g/mol. The Labute approximate surface area is 128 Å². The zero-order chi connectivity index (χ0) is 14.4. The molecule has 0 fully saturated rings. The smallest absolute Gasteiger partial charge is 0.272 e. The van der Waals surface area contributed by atoms with Gasteiger partial charge in [-0.2, -0.15) is 0 Å². The molecule has 106 valence electrons. The maximum atomic E-state index is 12.4. The number of hydrogen-bond acceptors (Lipinski definition) is 5. The number of aromatic amines is 1. The third kappa shape index (κ3) is 2.00. The minimum atomic E-state index is -0.0345. The third-order valence-electron chi connectivity index (χ3n) is 3.61. The van der Waals surface area contributed by atoms with Gasteiger partial charge in [-0.3, -0.25) is 4.79 Å². The Morgan fingerprint density at radius 1 is 1.43 bits per heavy atom. The number of H-pyrrole nitrogens is 1. The van der Waals surface area contributed by atoms with Gasteiger partial charge in [0.25, 0.3) is 5.91 Å². The summed E-state index contributed by atoms with van der Waals surface area (Å²) in [5, 5.41) is 1.43. The molecule has 0 bridgehead atoms. The van der Waals surface area contributed by atoms with Gasteiger partial charge < -0.3 is 9.88 Å². The summed E-state index contributed by atoms with van der Waals surface area (Å²) < 4.78 is 0. The van der Waals surface area contributed by atoms with Crippen molar-refractivity contribution in [1.29, 1.82) is 0 Å². The maximum Gasteiger partial charge on any atom is 0.272 e. The van der Waals surface area contributed by atoms with E-state index in [2.05, 4.69) is 19.9 Å². The number of amides is 1. The normalized spacial score (nSPS) is 14.4. The van der Waals surface area contributed by atoms with Gasteiger partial charge in [0.05, 0.1) is 24.5 Å². The monoisotopic (exact) mass is 319 g/mol. The number of hydrogen-bond donors (Lipinski definition) is 1. The second kappa shape index (κ2) is 4.78. The molecule has 1 aliphatic rings. The topological polar surface area (TPSA) is 74.8 Å². The van der Waals surface area contributed by atoms with Gasteiger partial charge in [0, 0.05) is 11.4 Å². The highest BCUT2D eigenvalue weighted by molar-refractivity contribution is 7.19. The van der Waals surface area contributed by atoms with Crippen molar-refractivity contribution in [3.05, 3.63) is 40.1 Å². The molecule has 0 saturated heterocycles. The SMILES string of the molecule is O=C(c1cnc[nH]1)N1CCc2c(sc3ncnc(Cl)c23)C1. The van der Waals surface area contributed by atoms with Gasteiger partial charge in [-0.15, -0.1) is 11.3 Å². The molecule has 1 N–H and O–H groups in total. The van der Waals surface area contributed by atoms with Crippen molar-refractivity contribution in [3.8, 4) is 0 Å². The molecule has 1 amide bonds. The molecule has 8 heteroatoms. The minimum Gasteiger partial charge on any atom is -0.341 e. The highest BCUT2D eigenvalue weighted by atomic mass is 35.5. The van der Waals surface area contributed by atoms with E-state index in [1.165, 1.54) is 18.2 Å². The Kier molecular flexibility index (Phi) is 2.90. The van der Waals surface area contributed by atoms with Gasteiger partial charge in [0.1, 0.15) is 22.0 Å². The zero-order valence-electron chi connectivity index (χ0n) is 10.8. The van der Waals surface area contributed by atoms with Crippen molar-refractivity contribution in [3.63, 3.8) is 0 Å². The van der Waals surface area contributed by atoms with Crippen LogP contribution in [-0.2, 0) is 13.0 Å². The van der Waals surface area contributed by atoms with E-state index in [0.29, 0.717) is 23.9 Å². The Bertz CT molecular complexity index is 829. The number of fused-ring (bicyclic) bond motifs is 3. The van der Waals surface area contributed by atoms with Crippen molar-refractivity contribution < 1.29 is 4.79 Å². The van der Waals surface area contributed by atoms with Crippen LogP contribution in [0.1, 0.15) is 20.9 Å². The average Bonchev–Trinajstić information content (AvgIpc) is 3.13. The lowest BCUT2D eigenvalue weighted by Gasteiger charge is -2.26. The molecule has 0 unspecified atom stereocenters. The standard InChI is InChI=1S/C13H10ClN5OS/c14-11-10-7-1-2-19(13(20)8-3-15-5-16-8)4-9(7)21-12(10)18-6-17-11/h3,5-6H,1-2,4H2,(H,15,16). The molecule has 3 aromatic heterocycles. The van der Waals surface area contributed by atoms with Crippen LogP contribution in [0.4, 0.5) is 0 Å². The molecule has 0 aliphatic carbocycles. The van der Waals surface area contributed by atoms with E-state index in [0.717, 1.165) is 21.5 Å². The van der Waals surface area contributed by atoms with Crippen LogP contribution in [0.3, 0.4) is 0 Å². The number of nitrogens with zero attached hydrogens (tertiary/aromatic N) is 4. The van der Waals surface area contributed by atoms with E-state index in [1.807, 2.05) is 4.90 Å². The van der Waals surface area contributed by atoms with Crippen molar-refractivity contribution in [2.75, 3.05) is 6.54 Å². The molecule has 4 rings (SSSR count). The highest BCUT2D eigenvalue weighted by Gasteiger charge is 2.26. The second-order valence-electron chi connectivity index (χ2n) is 4.79. The summed E-state index contributed by atoms with van der Waals surface area (Å²) in [6.45, 7) is 1.23. The predicted octanol–water partition coefficient (Wildman–Crippen LogP) is 2.27. The van der Waals surface area contributed by atoms with Crippen molar-refractivity contribution >= 4 is 39.1 Å². The molecule has 0 aromatic carbocycles. The molecule has 1 aliphatic heterocycles. The fourth-order valence-corrected chi connectivity index (χ4v) is 4.11.